The van der Waals surface area contributed by atoms with Crippen molar-refractivity contribution < 1.29 is 14.3 Å². The largest absolute Gasteiger partial charge is 0.453 e. The lowest BCUT2D eigenvalue weighted by Crippen LogP contribution is -2.30. The van der Waals surface area contributed by atoms with Crippen LogP contribution in [-0.2, 0) is 20.7 Å². The quantitative estimate of drug-likeness (QED) is 0.531. The fourth-order valence-corrected chi connectivity index (χ4v) is 3.96. The normalized spacial score (nSPS) is 11.4. The van der Waals surface area contributed by atoms with Crippen LogP contribution in [-0.4, -0.2) is 27.9 Å². The van der Waals surface area contributed by atoms with Crippen LogP contribution in [0.3, 0.4) is 0 Å². The molecule has 1 unspecified atom stereocenters. The van der Waals surface area contributed by atoms with E-state index in [1.165, 1.54) is 18.3 Å². The third kappa shape index (κ3) is 5.28. The molecule has 0 aliphatic rings. The molecule has 164 valence electrons. The average molecular weight is 451 g/mol. The van der Waals surface area contributed by atoms with E-state index in [1.54, 1.807) is 13.8 Å². The van der Waals surface area contributed by atoms with Crippen LogP contribution in [0.2, 0.25) is 0 Å². The molecule has 8 nitrogen and oxygen atoms in total. The molecule has 1 aromatic carbocycles. The van der Waals surface area contributed by atoms with Gasteiger partial charge in [0.1, 0.15) is 11.6 Å². The van der Waals surface area contributed by atoms with E-state index in [0.717, 1.165) is 11.3 Å². The van der Waals surface area contributed by atoms with Crippen LogP contribution in [0.25, 0.3) is 11.3 Å². The van der Waals surface area contributed by atoms with Crippen molar-refractivity contribution in [3.05, 3.63) is 68.4 Å². The number of carbonyl (C=O) groups is 2. The zero-order valence-electron chi connectivity index (χ0n) is 17.9. The number of H-pyrrole nitrogens is 1. The molecule has 32 heavy (non-hydrogen) atoms. The number of anilines is 1. The monoisotopic (exact) mass is 450 g/mol. The van der Waals surface area contributed by atoms with E-state index >= 15 is 0 Å². The van der Waals surface area contributed by atoms with Crippen LogP contribution >= 0.6 is 11.3 Å². The summed E-state index contributed by atoms with van der Waals surface area (Å²) in [7, 11) is 0. The van der Waals surface area contributed by atoms with E-state index in [-0.39, 0.29) is 18.4 Å². The number of hydrogen-bond acceptors (Lipinski definition) is 7. The fraction of sp³-hybridized carbons (Fsp3) is 0.261. The van der Waals surface area contributed by atoms with Gasteiger partial charge in [0.2, 0.25) is 0 Å². The lowest BCUT2D eigenvalue weighted by molar-refractivity contribution is -0.153. The van der Waals surface area contributed by atoms with Crippen molar-refractivity contribution in [2.45, 2.75) is 39.7 Å². The summed E-state index contributed by atoms with van der Waals surface area (Å²) >= 11 is 1.29. The number of carbonyl (C=O) groups excluding carboxylic acids is 2. The van der Waals surface area contributed by atoms with Gasteiger partial charge in [0.05, 0.1) is 5.69 Å². The highest BCUT2D eigenvalue weighted by Gasteiger charge is 2.20. The van der Waals surface area contributed by atoms with Gasteiger partial charge in [-0.25, -0.2) is 4.98 Å². The Balaban J connectivity index is 1.56. The van der Waals surface area contributed by atoms with Crippen LogP contribution in [0.15, 0.2) is 40.5 Å². The molecule has 0 fully saturated rings. The molecule has 2 aromatic heterocycles. The Morgan fingerprint density at radius 3 is 2.69 bits per heavy atom. The van der Waals surface area contributed by atoms with Gasteiger partial charge in [-0.3, -0.25) is 19.7 Å². The summed E-state index contributed by atoms with van der Waals surface area (Å²) in [5.41, 5.74) is 3.14. The van der Waals surface area contributed by atoms with Crippen molar-refractivity contribution >= 4 is 28.3 Å². The molecule has 0 spiro atoms. The van der Waals surface area contributed by atoms with Crippen molar-refractivity contribution in [2.75, 3.05) is 5.32 Å². The van der Waals surface area contributed by atoms with E-state index in [9.17, 15) is 14.4 Å². The van der Waals surface area contributed by atoms with E-state index in [1.807, 2.05) is 41.8 Å². The first-order chi connectivity index (χ1) is 15.3. The highest BCUT2D eigenvalue weighted by Crippen LogP contribution is 2.24. The summed E-state index contributed by atoms with van der Waals surface area (Å²) < 4.78 is 5.25. The van der Waals surface area contributed by atoms with Crippen molar-refractivity contribution in [3.8, 4) is 17.3 Å². The number of nitrogens with one attached hydrogen (secondary N) is 2. The van der Waals surface area contributed by atoms with Crippen molar-refractivity contribution in [2.24, 2.45) is 0 Å². The van der Waals surface area contributed by atoms with Gasteiger partial charge in [-0.1, -0.05) is 30.3 Å². The average Bonchev–Trinajstić information content (AvgIpc) is 3.22. The lowest BCUT2D eigenvalue weighted by atomic mass is 9.99. The number of aromatic amines is 1. The Labute approximate surface area is 188 Å². The minimum absolute atomic E-state index is 0.00558. The number of pyridine rings is 1. The Hall–Kier alpha value is -3.77. The van der Waals surface area contributed by atoms with Crippen LogP contribution < -0.4 is 10.9 Å². The molecule has 0 bridgehead atoms. The van der Waals surface area contributed by atoms with Gasteiger partial charge < -0.3 is 9.72 Å². The Morgan fingerprint density at radius 1 is 1.28 bits per heavy atom. The minimum Gasteiger partial charge on any atom is -0.453 e. The third-order valence-electron chi connectivity index (χ3n) is 4.98. The molecule has 1 amide bonds. The molecule has 2 heterocycles. The summed E-state index contributed by atoms with van der Waals surface area (Å²) in [5, 5.41) is 14.1. The molecule has 3 rings (SSSR count). The van der Waals surface area contributed by atoms with Gasteiger partial charge in [-0.05, 0) is 38.3 Å². The van der Waals surface area contributed by atoms with Gasteiger partial charge in [0.25, 0.3) is 11.5 Å². The van der Waals surface area contributed by atoms with Gasteiger partial charge in [-0.15, -0.1) is 11.3 Å². The maximum Gasteiger partial charge on any atom is 0.306 e. The third-order valence-corrected chi connectivity index (χ3v) is 5.74. The second kappa shape index (κ2) is 10.0. The van der Waals surface area contributed by atoms with Gasteiger partial charge in [0.15, 0.2) is 11.2 Å². The topological polar surface area (TPSA) is 125 Å². The molecule has 0 aliphatic carbocycles. The van der Waals surface area contributed by atoms with Crippen LogP contribution in [0.5, 0.6) is 0 Å². The summed E-state index contributed by atoms with van der Waals surface area (Å²) in [6, 6.07) is 11.5. The summed E-state index contributed by atoms with van der Waals surface area (Å²) in [6.45, 7) is 4.88. The zero-order chi connectivity index (χ0) is 23.3. The lowest BCUT2D eigenvalue weighted by Gasteiger charge is -2.14. The molecular formula is C23H22N4O4S. The van der Waals surface area contributed by atoms with E-state index < -0.39 is 23.5 Å². The molecule has 9 heteroatoms. The number of aryl methyl sites for hydroxylation is 1. The smallest absolute Gasteiger partial charge is 0.306 e. The molecule has 2 N–H and O–H groups in total. The molecule has 0 saturated carbocycles. The fourth-order valence-electron chi connectivity index (χ4n) is 3.24. The molecule has 0 radical (unpaired) electrons. The van der Waals surface area contributed by atoms with Gasteiger partial charge in [0, 0.05) is 23.1 Å². The predicted molar refractivity (Wildman–Crippen MR) is 121 cm³/mol. The first kappa shape index (κ1) is 22.9. The van der Waals surface area contributed by atoms with Crippen molar-refractivity contribution in [1.29, 1.82) is 5.26 Å². The van der Waals surface area contributed by atoms with Gasteiger partial charge in [-0.2, -0.15) is 5.26 Å². The van der Waals surface area contributed by atoms with Crippen LogP contribution in [0.1, 0.15) is 35.7 Å². The highest BCUT2D eigenvalue weighted by molar-refractivity contribution is 7.14. The van der Waals surface area contributed by atoms with E-state index in [4.69, 9.17) is 10.00 Å². The first-order valence-corrected chi connectivity index (χ1v) is 10.8. The van der Waals surface area contributed by atoms with Crippen LogP contribution in [0, 0.1) is 25.2 Å². The predicted octanol–water partition coefficient (Wildman–Crippen LogP) is 3.49. The van der Waals surface area contributed by atoms with Crippen molar-refractivity contribution in [3.63, 3.8) is 0 Å². The summed E-state index contributed by atoms with van der Waals surface area (Å²) in [4.78, 5) is 43.5. The number of rotatable bonds is 7. The SMILES string of the molecule is Cc1[nH]c(=O)c(C#N)c(C)c1CCC(=O)OC(C)C(=O)Nc1nc(-c2ccccc2)cs1. The number of nitriles is 1. The molecule has 1 atom stereocenters. The zero-order valence-corrected chi connectivity index (χ0v) is 18.7. The number of benzene rings is 1. The first-order valence-electron chi connectivity index (χ1n) is 9.94. The number of esters is 1. The maximum atomic E-state index is 12.4. The number of nitrogens with zero attached hydrogens (tertiary/aromatic N) is 2. The van der Waals surface area contributed by atoms with Gasteiger partial charge >= 0.3 is 5.97 Å². The molecule has 0 aliphatic heterocycles. The standard InChI is InChI=1S/C23H22N4O4S/c1-13-17(14(2)25-22(30)18(13)11-24)9-10-20(28)31-15(3)21(29)27-23-26-19(12-32-23)16-7-5-4-6-8-16/h4-8,12,15H,9-10H2,1-3H3,(H,25,30)(H,26,27,29). The summed E-state index contributed by atoms with van der Waals surface area (Å²) in [5.74, 6) is -1.03. The van der Waals surface area contributed by atoms with Crippen molar-refractivity contribution in [1.82, 2.24) is 9.97 Å². The van der Waals surface area contributed by atoms with E-state index in [2.05, 4.69) is 15.3 Å². The number of amides is 1. The number of ether oxygens (including phenoxy) is 1. The number of thiazole rings is 1. The summed E-state index contributed by atoms with van der Waals surface area (Å²) in [6.07, 6.45) is -0.714. The molecule has 0 saturated heterocycles. The van der Waals surface area contributed by atoms with E-state index in [0.29, 0.717) is 22.0 Å². The molecular weight excluding hydrogens is 428 g/mol. The Morgan fingerprint density at radius 2 is 2.00 bits per heavy atom. The maximum absolute atomic E-state index is 12.4. The number of hydrogen-bond donors (Lipinski definition) is 2. The molecule has 3 aromatic rings. The Kier molecular flexibility index (Phi) is 7.18. The number of aromatic nitrogens is 2. The minimum atomic E-state index is -1.00. The van der Waals surface area contributed by atoms with Crippen LogP contribution in [0.4, 0.5) is 5.13 Å². The Bertz CT molecular complexity index is 1240. The highest BCUT2D eigenvalue weighted by atomic mass is 32.1. The second-order valence-electron chi connectivity index (χ2n) is 7.19. The second-order valence-corrected chi connectivity index (χ2v) is 8.05.